The maximum absolute atomic E-state index is 14.4. The number of allylic oxidation sites excluding steroid dienone is 1. The number of rotatable bonds is 5. The zero-order valence-electron chi connectivity index (χ0n) is 17.6. The van der Waals surface area contributed by atoms with Crippen LogP contribution < -0.4 is 5.73 Å². The third-order valence-electron chi connectivity index (χ3n) is 5.85. The topological polar surface area (TPSA) is 64.2 Å². The summed E-state index contributed by atoms with van der Waals surface area (Å²) < 4.78 is 28.8. The van der Waals surface area contributed by atoms with E-state index in [1.54, 1.807) is 31.5 Å². The molecule has 0 unspecified atom stereocenters. The minimum atomic E-state index is -0.555. The van der Waals surface area contributed by atoms with Crippen molar-refractivity contribution in [2.45, 2.75) is 51.5 Å². The van der Waals surface area contributed by atoms with Crippen LogP contribution in [0.3, 0.4) is 0 Å². The van der Waals surface area contributed by atoms with Gasteiger partial charge in [-0.1, -0.05) is 38.3 Å². The molecule has 1 heterocycles. The van der Waals surface area contributed by atoms with Crippen LogP contribution in [0.1, 0.15) is 50.3 Å². The molecular formula is C25H26F2N4. The molecule has 0 spiro atoms. The van der Waals surface area contributed by atoms with Gasteiger partial charge in [0.05, 0.1) is 22.9 Å². The molecule has 2 N–H and O–H groups in total. The Hall–Kier alpha value is -3.15. The van der Waals surface area contributed by atoms with E-state index in [1.807, 2.05) is 6.07 Å². The van der Waals surface area contributed by atoms with Gasteiger partial charge in [-0.2, -0.15) is 0 Å². The highest BCUT2D eigenvalue weighted by atomic mass is 19.1. The van der Waals surface area contributed by atoms with E-state index >= 15 is 0 Å². The average molecular weight is 421 g/mol. The van der Waals surface area contributed by atoms with E-state index in [2.05, 4.69) is 4.98 Å². The Kier molecular flexibility index (Phi) is 6.35. The molecule has 0 saturated heterocycles. The monoisotopic (exact) mass is 420 g/mol. The molecule has 1 aliphatic carbocycles. The summed E-state index contributed by atoms with van der Waals surface area (Å²) in [6, 6.07) is 8.45. The van der Waals surface area contributed by atoms with Crippen LogP contribution in [0.4, 0.5) is 8.78 Å². The number of fused-ring (bicyclic) bond motifs is 1. The first-order valence-electron chi connectivity index (χ1n) is 10.8. The van der Waals surface area contributed by atoms with E-state index in [1.165, 1.54) is 37.6 Å². The second-order valence-corrected chi connectivity index (χ2v) is 7.89. The predicted molar refractivity (Wildman–Crippen MR) is 122 cm³/mol. The molecule has 0 amide bonds. The van der Waals surface area contributed by atoms with Crippen molar-refractivity contribution in [1.82, 2.24) is 9.97 Å². The van der Waals surface area contributed by atoms with Crippen LogP contribution in [0.5, 0.6) is 0 Å². The van der Waals surface area contributed by atoms with Gasteiger partial charge in [-0.3, -0.25) is 9.98 Å². The van der Waals surface area contributed by atoms with Gasteiger partial charge >= 0.3 is 0 Å². The molecule has 2 aromatic carbocycles. The molecule has 31 heavy (non-hydrogen) atoms. The first kappa shape index (κ1) is 21.1. The van der Waals surface area contributed by atoms with Crippen LogP contribution in [0.2, 0.25) is 0 Å². The lowest BCUT2D eigenvalue weighted by Crippen LogP contribution is -2.10. The van der Waals surface area contributed by atoms with Crippen molar-refractivity contribution >= 4 is 22.8 Å². The Balaban J connectivity index is 1.74. The number of hydrogen-bond acceptors (Lipinski definition) is 4. The fourth-order valence-corrected chi connectivity index (χ4v) is 4.11. The fourth-order valence-electron chi connectivity index (χ4n) is 4.11. The largest absolute Gasteiger partial charge is 0.404 e. The zero-order chi connectivity index (χ0) is 21.8. The highest BCUT2D eigenvalue weighted by Crippen LogP contribution is 2.30. The molecule has 0 radical (unpaired) electrons. The standard InChI is InChI=1S/C25H26F2N4/c1-2-19-21(26)11-16(12-22(19)27)20-9-6-10-23-25(20)31-24(15-30-23)17(13-28)14-29-18-7-4-3-5-8-18/h6,9-15,18H,2-5,7-8,28H2,1H3. The summed E-state index contributed by atoms with van der Waals surface area (Å²) in [5.41, 5.74) is 9.45. The van der Waals surface area contributed by atoms with E-state index in [0.29, 0.717) is 45.9 Å². The summed E-state index contributed by atoms with van der Waals surface area (Å²) in [6.07, 6.45) is 11.0. The van der Waals surface area contributed by atoms with Gasteiger partial charge < -0.3 is 5.73 Å². The maximum Gasteiger partial charge on any atom is 0.129 e. The number of aromatic nitrogens is 2. The van der Waals surface area contributed by atoms with Crippen molar-refractivity contribution in [3.63, 3.8) is 0 Å². The van der Waals surface area contributed by atoms with E-state index in [-0.39, 0.29) is 5.56 Å². The van der Waals surface area contributed by atoms with Crippen LogP contribution in [0, 0.1) is 11.6 Å². The lowest BCUT2D eigenvalue weighted by Gasteiger charge is -2.17. The van der Waals surface area contributed by atoms with Gasteiger partial charge in [0.15, 0.2) is 0 Å². The molecule has 1 aromatic heterocycles. The number of nitrogens with zero attached hydrogens (tertiary/aromatic N) is 3. The second-order valence-electron chi connectivity index (χ2n) is 7.89. The van der Waals surface area contributed by atoms with Gasteiger partial charge in [0.1, 0.15) is 11.6 Å². The summed E-state index contributed by atoms with van der Waals surface area (Å²) in [6.45, 7) is 1.73. The Morgan fingerprint density at radius 1 is 1.16 bits per heavy atom. The summed E-state index contributed by atoms with van der Waals surface area (Å²) in [7, 11) is 0. The molecule has 4 rings (SSSR count). The Labute approximate surface area is 180 Å². The van der Waals surface area contributed by atoms with Crippen LogP contribution in [0.15, 0.2) is 47.7 Å². The van der Waals surface area contributed by atoms with E-state index in [9.17, 15) is 8.78 Å². The molecule has 1 saturated carbocycles. The van der Waals surface area contributed by atoms with Crippen molar-refractivity contribution < 1.29 is 8.78 Å². The van der Waals surface area contributed by atoms with Gasteiger partial charge in [-0.05, 0) is 43.0 Å². The Morgan fingerprint density at radius 3 is 2.58 bits per heavy atom. The molecule has 4 nitrogen and oxygen atoms in total. The number of benzene rings is 2. The molecule has 1 aliphatic rings. The maximum atomic E-state index is 14.4. The minimum Gasteiger partial charge on any atom is -0.404 e. The zero-order valence-corrected chi connectivity index (χ0v) is 17.6. The minimum absolute atomic E-state index is 0.0861. The van der Waals surface area contributed by atoms with Gasteiger partial charge in [-0.15, -0.1) is 0 Å². The predicted octanol–water partition coefficient (Wildman–Crippen LogP) is 5.84. The summed E-state index contributed by atoms with van der Waals surface area (Å²) in [5, 5.41) is 0. The molecule has 1 fully saturated rings. The SMILES string of the molecule is CCc1c(F)cc(-c2cccc3ncc(C(C=NC4CCCCC4)=CN)nc23)cc1F. The van der Waals surface area contributed by atoms with Crippen LogP contribution in [-0.2, 0) is 6.42 Å². The highest BCUT2D eigenvalue weighted by molar-refractivity contribution is 6.09. The normalized spacial score (nSPS) is 15.8. The summed E-state index contributed by atoms with van der Waals surface area (Å²) in [4.78, 5) is 13.9. The van der Waals surface area contributed by atoms with Crippen molar-refractivity contribution in [1.29, 1.82) is 0 Å². The average Bonchev–Trinajstić information content (AvgIpc) is 2.79. The lowest BCUT2D eigenvalue weighted by molar-refractivity contribution is 0.444. The van der Waals surface area contributed by atoms with Gasteiger partial charge in [0.25, 0.3) is 0 Å². The molecule has 3 aromatic rings. The van der Waals surface area contributed by atoms with Gasteiger partial charge in [0, 0.05) is 35.2 Å². The van der Waals surface area contributed by atoms with Crippen molar-refractivity contribution in [3.8, 4) is 11.1 Å². The molecular weight excluding hydrogens is 394 g/mol. The van der Waals surface area contributed by atoms with Gasteiger partial charge in [-0.25, -0.2) is 13.8 Å². The summed E-state index contributed by atoms with van der Waals surface area (Å²) >= 11 is 0. The quantitative estimate of drug-likeness (QED) is 0.527. The first-order chi connectivity index (χ1) is 15.1. The molecule has 6 heteroatoms. The first-order valence-corrected chi connectivity index (χ1v) is 10.8. The van der Waals surface area contributed by atoms with Crippen LogP contribution >= 0.6 is 0 Å². The van der Waals surface area contributed by atoms with Crippen molar-refractivity contribution in [3.05, 3.63) is 65.6 Å². The van der Waals surface area contributed by atoms with E-state index in [0.717, 1.165) is 12.8 Å². The Morgan fingerprint density at radius 2 is 1.90 bits per heavy atom. The third-order valence-corrected chi connectivity index (χ3v) is 5.85. The van der Waals surface area contributed by atoms with Gasteiger partial charge in [0.2, 0.25) is 0 Å². The number of nitrogens with two attached hydrogens (primary N) is 1. The molecule has 0 atom stereocenters. The third kappa shape index (κ3) is 4.48. The van der Waals surface area contributed by atoms with E-state index < -0.39 is 11.6 Å². The van der Waals surface area contributed by atoms with Crippen molar-refractivity contribution in [2.24, 2.45) is 10.7 Å². The van der Waals surface area contributed by atoms with E-state index in [4.69, 9.17) is 15.7 Å². The van der Waals surface area contributed by atoms with Crippen LogP contribution in [0.25, 0.3) is 27.7 Å². The lowest BCUT2D eigenvalue weighted by atomic mass is 9.96. The molecule has 160 valence electrons. The smallest absolute Gasteiger partial charge is 0.129 e. The number of halogens is 2. The number of hydrogen-bond donors (Lipinski definition) is 1. The highest BCUT2D eigenvalue weighted by Gasteiger charge is 2.15. The van der Waals surface area contributed by atoms with Crippen molar-refractivity contribution in [2.75, 3.05) is 0 Å². The summed E-state index contributed by atoms with van der Waals surface area (Å²) in [5.74, 6) is -1.11. The number of aliphatic imine (C=N–C) groups is 1. The Bertz CT molecular complexity index is 1120. The molecule has 0 aliphatic heterocycles. The number of para-hydroxylation sites is 1. The second kappa shape index (κ2) is 9.33. The molecule has 0 bridgehead atoms. The van der Waals surface area contributed by atoms with Crippen LogP contribution in [-0.4, -0.2) is 22.2 Å². The fraction of sp³-hybridized carbons (Fsp3) is 0.320.